The van der Waals surface area contributed by atoms with Gasteiger partial charge < -0.3 is 10.2 Å². The van der Waals surface area contributed by atoms with Crippen molar-refractivity contribution in [2.45, 2.75) is 57.4 Å². The van der Waals surface area contributed by atoms with Gasteiger partial charge in [-0.15, -0.1) is 0 Å². The van der Waals surface area contributed by atoms with Crippen LogP contribution in [0.5, 0.6) is 0 Å². The highest BCUT2D eigenvalue weighted by Gasteiger charge is 2.40. The summed E-state index contributed by atoms with van der Waals surface area (Å²) in [5, 5.41) is 2.86. The van der Waals surface area contributed by atoms with Gasteiger partial charge in [-0.3, -0.25) is 9.59 Å². The molecule has 0 bridgehead atoms. The Morgan fingerprint density at radius 3 is 2.25 bits per heavy atom. The van der Waals surface area contributed by atoms with Crippen LogP contribution in [0.4, 0.5) is 11.4 Å². The van der Waals surface area contributed by atoms with E-state index < -0.39 is 16.1 Å². The van der Waals surface area contributed by atoms with Crippen LogP contribution in [0.3, 0.4) is 0 Å². The second kappa shape index (κ2) is 8.67. The minimum Gasteiger partial charge on any atom is -0.325 e. The molecule has 2 aromatic carbocycles. The molecule has 2 aromatic rings. The number of aryl methyl sites for hydroxylation is 3. The number of hydrogen-bond acceptors (Lipinski definition) is 4. The Bertz CT molecular complexity index is 1140. The van der Waals surface area contributed by atoms with E-state index in [0.717, 1.165) is 17.7 Å². The normalized spacial score (nSPS) is 19.5. The molecule has 1 atom stereocenters. The average molecular weight is 456 g/mol. The summed E-state index contributed by atoms with van der Waals surface area (Å²) in [6, 6.07) is 10.1. The number of anilines is 2. The zero-order chi connectivity index (χ0) is 23.0. The van der Waals surface area contributed by atoms with Crippen molar-refractivity contribution in [3.8, 4) is 0 Å². The molecule has 2 aliphatic rings. The molecule has 0 saturated carbocycles. The fraction of sp³-hybridized carbons (Fsp3) is 0.417. The van der Waals surface area contributed by atoms with Crippen LogP contribution in [0.25, 0.3) is 0 Å². The van der Waals surface area contributed by atoms with E-state index in [1.165, 1.54) is 4.31 Å². The van der Waals surface area contributed by atoms with E-state index >= 15 is 0 Å². The van der Waals surface area contributed by atoms with E-state index in [0.29, 0.717) is 54.1 Å². The lowest BCUT2D eigenvalue weighted by atomic mass is 10.1. The van der Waals surface area contributed by atoms with Gasteiger partial charge in [0.1, 0.15) is 6.04 Å². The van der Waals surface area contributed by atoms with Crippen LogP contribution in [0.1, 0.15) is 42.4 Å². The molecule has 7 nitrogen and oxygen atoms in total. The summed E-state index contributed by atoms with van der Waals surface area (Å²) in [6.07, 6.45) is 2.53. The molecule has 0 radical (unpaired) electrons. The lowest BCUT2D eigenvalue weighted by Crippen LogP contribution is -2.43. The molecule has 0 aliphatic carbocycles. The summed E-state index contributed by atoms with van der Waals surface area (Å²) < 4.78 is 28.3. The predicted molar refractivity (Wildman–Crippen MR) is 124 cm³/mol. The summed E-state index contributed by atoms with van der Waals surface area (Å²) in [7, 11) is -3.80. The maximum Gasteiger partial charge on any atom is 0.244 e. The van der Waals surface area contributed by atoms with Crippen LogP contribution in [-0.2, 0) is 19.6 Å². The average Bonchev–Trinajstić information content (AvgIpc) is 3.37. The molecule has 32 heavy (non-hydrogen) atoms. The lowest BCUT2D eigenvalue weighted by molar-refractivity contribution is -0.119. The first-order valence-corrected chi connectivity index (χ1v) is 12.4. The topological polar surface area (TPSA) is 86.8 Å². The minimum atomic E-state index is -3.80. The van der Waals surface area contributed by atoms with Crippen molar-refractivity contribution in [2.75, 3.05) is 23.3 Å². The van der Waals surface area contributed by atoms with Crippen molar-refractivity contribution in [3.05, 3.63) is 53.1 Å². The Kier molecular flexibility index (Phi) is 6.09. The molecule has 2 amide bonds. The Morgan fingerprint density at radius 2 is 1.66 bits per heavy atom. The summed E-state index contributed by atoms with van der Waals surface area (Å²) in [5.41, 5.74) is 3.79. The molecule has 0 spiro atoms. The molecule has 2 fully saturated rings. The van der Waals surface area contributed by atoms with E-state index in [1.54, 1.807) is 43.0 Å². The number of carbonyl (C=O) groups excluding carboxylic acids is 2. The van der Waals surface area contributed by atoms with Gasteiger partial charge >= 0.3 is 0 Å². The summed E-state index contributed by atoms with van der Waals surface area (Å²) in [4.78, 5) is 27.0. The third kappa shape index (κ3) is 4.17. The number of nitrogens with one attached hydrogen (secondary N) is 1. The van der Waals surface area contributed by atoms with Crippen LogP contribution in [0, 0.1) is 20.8 Å². The number of hydrogen-bond donors (Lipinski definition) is 1. The standard InChI is InChI=1S/C24H29N3O4S/c1-16-14-17(2)23(18(3)15-16)32(30,31)27-13-4-6-21(27)24(29)25-19-8-10-20(11-9-19)26-12-5-7-22(26)28/h8-11,14-15,21H,4-7,12-13H2,1-3H3,(H,25,29)/t21-/m1/s1. The molecule has 0 unspecified atom stereocenters. The highest BCUT2D eigenvalue weighted by atomic mass is 32.2. The van der Waals surface area contributed by atoms with Crippen molar-refractivity contribution in [1.82, 2.24) is 4.31 Å². The fourth-order valence-electron chi connectivity index (χ4n) is 4.85. The maximum absolute atomic E-state index is 13.5. The molecule has 0 aromatic heterocycles. The van der Waals surface area contributed by atoms with Crippen molar-refractivity contribution in [2.24, 2.45) is 0 Å². The van der Waals surface area contributed by atoms with Crippen molar-refractivity contribution in [1.29, 1.82) is 0 Å². The van der Waals surface area contributed by atoms with E-state index in [2.05, 4.69) is 5.32 Å². The van der Waals surface area contributed by atoms with Gasteiger partial charge in [0.15, 0.2) is 0 Å². The fourth-order valence-corrected chi connectivity index (χ4v) is 6.92. The number of rotatable bonds is 5. The molecular weight excluding hydrogens is 426 g/mol. The summed E-state index contributed by atoms with van der Waals surface area (Å²) >= 11 is 0. The molecule has 1 N–H and O–H groups in total. The summed E-state index contributed by atoms with van der Waals surface area (Å²) in [5.74, 6) is -0.228. The van der Waals surface area contributed by atoms with E-state index in [-0.39, 0.29) is 11.8 Å². The number of carbonyl (C=O) groups is 2. The minimum absolute atomic E-state index is 0.107. The van der Waals surface area contributed by atoms with Crippen molar-refractivity contribution >= 4 is 33.2 Å². The number of nitrogens with zero attached hydrogens (tertiary/aromatic N) is 2. The third-order valence-corrected chi connectivity index (χ3v) is 8.41. The first kappa shape index (κ1) is 22.5. The second-order valence-electron chi connectivity index (χ2n) is 8.69. The third-order valence-electron chi connectivity index (χ3n) is 6.20. The Balaban J connectivity index is 1.52. The number of sulfonamides is 1. The highest BCUT2D eigenvalue weighted by Crippen LogP contribution is 2.31. The SMILES string of the molecule is Cc1cc(C)c(S(=O)(=O)N2CCC[C@@H]2C(=O)Nc2ccc(N3CCCC3=O)cc2)c(C)c1. The molecule has 2 heterocycles. The van der Waals surface area contributed by atoms with Crippen molar-refractivity contribution < 1.29 is 18.0 Å². The molecule has 2 saturated heterocycles. The highest BCUT2D eigenvalue weighted by molar-refractivity contribution is 7.89. The first-order chi connectivity index (χ1) is 15.2. The monoisotopic (exact) mass is 455 g/mol. The van der Waals surface area contributed by atoms with Crippen LogP contribution >= 0.6 is 0 Å². The summed E-state index contributed by atoms with van der Waals surface area (Å²) in [6.45, 7) is 6.56. The molecule has 170 valence electrons. The molecule has 8 heteroatoms. The smallest absolute Gasteiger partial charge is 0.244 e. The Hall–Kier alpha value is -2.71. The van der Waals surface area contributed by atoms with Crippen LogP contribution < -0.4 is 10.2 Å². The van der Waals surface area contributed by atoms with Gasteiger partial charge in [-0.05, 0) is 75.4 Å². The van der Waals surface area contributed by atoms with Gasteiger partial charge in [0.25, 0.3) is 0 Å². The predicted octanol–water partition coefficient (Wildman–Crippen LogP) is 3.53. The first-order valence-electron chi connectivity index (χ1n) is 11.0. The zero-order valence-corrected chi connectivity index (χ0v) is 19.5. The Morgan fingerprint density at radius 1 is 1.00 bits per heavy atom. The molecule has 2 aliphatic heterocycles. The second-order valence-corrected chi connectivity index (χ2v) is 10.5. The molecule has 4 rings (SSSR count). The zero-order valence-electron chi connectivity index (χ0n) is 18.7. The Labute approximate surface area is 189 Å². The van der Waals surface area contributed by atoms with Crippen LogP contribution in [-0.4, -0.2) is 43.7 Å². The van der Waals surface area contributed by atoms with E-state index in [4.69, 9.17) is 0 Å². The van der Waals surface area contributed by atoms with Gasteiger partial charge in [-0.1, -0.05) is 17.7 Å². The van der Waals surface area contributed by atoms with Crippen LogP contribution in [0.2, 0.25) is 0 Å². The quantitative estimate of drug-likeness (QED) is 0.747. The van der Waals surface area contributed by atoms with E-state index in [1.807, 2.05) is 19.1 Å². The van der Waals surface area contributed by atoms with Crippen molar-refractivity contribution in [3.63, 3.8) is 0 Å². The maximum atomic E-state index is 13.5. The van der Waals surface area contributed by atoms with Gasteiger partial charge in [0, 0.05) is 30.9 Å². The van der Waals surface area contributed by atoms with Gasteiger partial charge in [-0.2, -0.15) is 4.31 Å². The van der Waals surface area contributed by atoms with E-state index in [9.17, 15) is 18.0 Å². The number of amides is 2. The van der Waals surface area contributed by atoms with Gasteiger partial charge in [0.05, 0.1) is 4.90 Å². The van der Waals surface area contributed by atoms with Gasteiger partial charge in [0.2, 0.25) is 21.8 Å². The lowest BCUT2D eigenvalue weighted by Gasteiger charge is -2.25. The van der Waals surface area contributed by atoms with Crippen LogP contribution in [0.15, 0.2) is 41.3 Å². The number of benzene rings is 2. The molecular formula is C24H29N3O4S. The van der Waals surface area contributed by atoms with Gasteiger partial charge in [-0.25, -0.2) is 8.42 Å². The largest absolute Gasteiger partial charge is 0.325 e.